The second-order valence-corrected chi connectivity index (χ2v) is 24.1. The molecule has 13 aromatic carbocycles. The van der Waals surface area contributed by atoms with Crippen molar-refractivity contribution in [3.8, 4) is 106 Å². The van der Waals surface area contributed by atoms with Crippen LogP contribution in [0.15, 0.2) is 346 Å². The first-order valence-corrected chi connectivity index (χ1v) is 31.8. The molecule has 0 fully saturated rings. The normalized spacial score (nSPS) is 11.7. The first-order valence-electron chi connectivity index (χ1n) is 31.8. The van der Waals surface area contributed by atoms with E-state index in [2.05, 4.69) is 347 Å². The number of hydrogen-bond acceptors (Lipinski definition) is 2. The van der Waals surface area contributed by atoms with Gasteiger partial charge < -0.3 is 9.13 Å². The molecule has 0 aliphatic rings. The largest absolute Gasteiger partial charge is 0.307 e. The zero-order valence-electron chi connectivity index (χ0n) is 50.6. The van der Waals surface area contributed by atoms with Crippen LogP contribution in [-0.2, 0) is 0 Å². The molecule has 0 unspecified atom stereocenters. The van der Waals surface area contributed by atoms with E-state index in [0.29, 0.717) is 0 Å². The Balaban J connectivity index is 1.02. The lowest BCUT2D eigenvalue weighted by molar-refractivity contribution is 1.01. The van der Waals surface area contributed by atoms with Crippen LogP contribution in [0.5, 0.6) is 0 Å². The fourth-order valence-corrected chi connectivity index (χ4v) is 14.3. The molecule has 5 aromatic heterocycles. The zero-order valence-corrected chi connectivity index (χ0v) is 50.6. The summed E-state index contributed by atoms with van der Waals surface area (Å²) >= 11 is 0. The third kappa shape index (κ3) is 9.16. The minimum absolute atomic E-state index is 0.791. The molecule has 0 amide bonds. The van der Waals surface area contributed by atoms with Crippen molar-refractivity contribution in [2.45, 2.75) is 0 Å². The van der Waals surface area contributed by atoms with Crippen LogP contribution in [0, 0.1) is 0 Å². The van der Waals surface area contributed by atoms with Gasteiger partial charge in [0, 0.05) is 49.6 Å². The van der Waals surface area contributed by atoms with Crippen LogP contribution in [0.2, 0.25) is 0 Å². The summed E-state index contributed by atoms with van der Waals surface area (Å²) in [5.41, 5.74) is 26.0. The van der Waals surface area contributed by atoms with Gasteiger partial charge in [-0.2, -0.15) is 0 Å². The van der Waals surface area contributed by atoms with E-state index in [9.17, 15) is 0 Å². The quantitative estimate of drug-likeness (QED) is 0.129. The van der Waals surface area contributed by atoms with Gasteiger partial charge in [-0.1, -0.05) is 249 Å². The van der Waals surface area contributed by atoms with Crippen LogP contribution in [-0.4, -0.2) is 23.7 Å². The fourth-order valence-electron chi connectivity index (χ4n) is 14.3. The van der Waals surface area contributed by atoms with Gasteiger partial charge in [0.15, 0.2) is 5.82 Å². The van der Waals surface area contributed by atoms with Crippen molar-refractivity contribution in [3.63, 3.8) is 0 Å². The molecule has 5 heteroatoms. The first-order chi connectivity index (χ1) is 46.1. The Labute approximate surface area is 538 Å². The summed E-state index contributed by atoms with van der Waals surface area (Å²) in [5.74, 6) is 0.791. The molecule has 0 aliphatic heterocycles. The molecule has 0 bridgehead atoms. The van der Waals surface area contributed by atoms with Crippen molar-refractivity contribution in [1.82, 2.24) is 23.7 Å². The SMILES string of the molecule is c1ccc(-c2ccc3c(c2)c2cc(-c4ccccc4)ccc2n3-c2cnc(-n3c4ccc(-c5ccccc5)cc4c4cc(-c5ccccc5)ccc43)c(-n3c4ccc(-c5ccccc5)cc4c4cc(-c5ccccc5)ccc43)c2-c2ccc(-c3ccccn3)cc2)cc1. The van der Waals surface area contributed by atoms with Gasteiger partial charge in [0.2, 0.25) is 0 Å². The molecule has 434 valence electrons. The number of benzene rings is 13. The van der Waals surface area contributed by atoms with Gasteiger partial charge in [0.1, 0.15) is 0 Å². The lowest BCUT2D eigenvalue weighted by Crippen LogP contribution is -2.11. The molecule has 0 radical (unpaired) electrons. The summed E-state index contributed by atoms with van der Waals surface area (Å²) in [6.45, 7) is 0. The molecule has 93 heavy (non-hydrogen) atoms. The Bertz CT molecular complexity index is 5570. The van der Waals surface area contributed by atoms with Gasteiger partial charge in [0.25, 0.3) is 0 Å². The highest BCUT2D eigenvalue weighted by Gasteiger charge is 2.29. The topological polar surface area (TPSA) is 40.6 Å². The van der Waals surface area contributed by atoms with Crippen LogP contribution in [0.1, 0.15) is 0 Å². The van der Waals surface area contributed by atoms with E-state index in [0.717, 1.165) is 172 Å². The highest BCUT2D eigenvalue weighted by molar-refractivity contribution is 6.16. The van der Waals surface area contributed by atoms with E-state index < -0.39 is 0 Å². The van der Waals surface area contributed by atoms with Crippen molar-refractivity contribution in [2.75, 3.05) is 0 Å². The van der Waals surface area contributed by atoms with E-state index in [1.807, 2.05) is 12.3 Å². The maximum atomic E-state index is 6.04. The second-order valence-electron chi connectivity index (χ2n) is 24.1. The monoisotopic (exact) mass is 1180 g/mol. The third-order valence-corrected chi connectivity index (χ3v) is 18.8. The molecule has 5 nitrogen and oxygen atoms in total. The van der Waals surface area contributed by atoms with E-state index in [1.165, 1.54) is 0 Å². The maximum absolute atomic E-state index is 6.04. The van der Waals surface area contributed by atoms with Gasteiger partial charge in [-0.15, -0.1) is 0 Å². The fraction of sp³-hybridized carbons (Fsp3) is 0. The molecule has 0 N–H and O–H groups in total. The van der Waals surface area contributed by atoms with Gasteiger partial charge in [0.05, 0.1) is 56.4 Å². The highest BCUT2D eigenvalue weighted by Crippen LogP contribution is 2.48. The number of aromatic nitrogens is 5. The third-order valence-electron chi connectivity index (χ3n) is 18.8. The summed E-state index contributed by atoms with van der Waals surface area (Å²) in [4.78, 5) is 10.9. The molecule has 18 aromatic rings. The minimum Gasteiger partial charge on any atom is -0.307 e. The number of rotatable bonds is 11. The zero-order chi connectivity index (χ0) is 61.3. The van der Waals surface area contributed by atoms with E-state index in [1.54, 1.807) is 0 Å². The molecule has 0 saturated heterocycles. The maximum Gasteiger partial charge on any atom is 0.162 e. The highest BCUT2D eigenvalue weighted by atomic mass is 15.1. The number of nitrogens with zero attached hydrogens (tertiary/aromatic N) is 5. The molecular weight excluding hydrogens is 1130 g/mol. The Morgan fingerprint density at radius 3 is 0.796 bits per heavy atom. The molecule has 0 saturated carbocycles. The molecule has 0 spiro atoms. The van der Waals surface area contributed by atoms with E-state index in [4.69, 9.17) is 9.97 Å². The standard InChI is InChI=1S/C88H57N5/c1-7-21-58(22-8-1)66-38-44-79-72(51-66)73-52-67(59-23-9-2-10-24-59)39-45-80(73)91(79)85-57-90-88(93-83-48-42-70(62-29-15-5-16-30-62)55-76(83)77-56-71(43-49-84(77)93)63-31-17-6-18-32-63)87(86(85)65-36-34-64(35-37-65)78-33-19-20-50-89-78)92-81-46-40-68(60-25-11-3-12-26-60)53-74(81)75-54-69(41-47-82(75)92)61-27-13-4-14-28-61/h1-57H. The Hall–Kier alpha value is -12.4. The lowest BCUT2D eigenvalue weighted by Gasteiger charge is -2.24. The second kappa shape index (κ2) is 22.2. The van der Waals surface area contributed by atoms with Crippen molar-refractivity contribution in [3.05, 3.63) is 346 Å². The number of hydrogen-bond donors (Lipinski definition) is 0. The Morgan fingerprint density at radius 1 is 0.204 bits per heavy atom. The lowest BCUT2D eigenvalue weighted by atomic mass is 9.99. The smallest absolute Gasteiger partial charge is 0.162 e. The van der Waals surface area contributed by atoms with Gasteiger partial charge in [-0.3, -0.25) is 9.55 Å². The molecule has 5 heterocycles. The van der Waals surface area contributed by atoms with Crippen LogP contribution in [0.25, 0.3) is 172 Å². The van der Waals surface area contributed by atoms with Crippen LogP contribution in [0.4, 0.5) is 0 Å². The van der Waals surface area contributed by atoms with Gasteiger partial charge >= 0.3 is 0 Å². The van der Waals surface area contributed by atoms with E-state index in [-0.39, 0.29) is 0 Å². The summed E-state index contributed by atoms with van der Waals surface area (Å²) in [6, 6.07) is 122. The summed E-state index contributed by atoms with van der Waals surface area (Å²) < 4.78 is 7.46. The Kier molecular flexibility index (Phi) is 12.8. The predicted octanol–water partition coefficient (Wildman–Crippen LogP) is 23.1. The van der Waals surface area contributed by atoms with Gasteiger partial charge in [-0.05, 0) is 157 Å². The average molecular weight is 1180 g/mol. The molecule has 0 aliphatic carbocycles. The first kappa shape index (κ1) is 53.6. The number of fused-ring (bicyclic) bond motifs is 9. The predicted molar refractivity (Wildman–Crippen MR) is 389 cm³/mol. The van der Waals surface area contributed by atoms with E-state index >= 15 is 0 Å². The van der Waals surface area contributed by atoms with Crippen molar-refractivity contribution >= 4 is 65.4 Å². The summed E-state index contributed by atoms with van der Waals surface area (Å²) in [7, 11) is 0. The van der Waals surface area contributed by atoms with Crippen LogP contribution >= 0.6 is 0 Å². The van der Waals surface area contributed by atoms with Crippen molar-refractivity contribution in [1.29, 1.82) is 0 Å². The summed E-state index contributed by atoms with van der Waals surface area (Å²) in [6.07, 6.45) is 4.02. The summed E-state index contributed by atoms with van der Waals surface area (Å²) in [5, 5.41) is 6.84. The number of pyridine rings is 2. The average Bonchev–Trinajstić information content (AvgIpc) is 1.60. The van der Waals surface area contributed by atoms with Crippen molar-refractivity contribution < 1.29 is 0 Å². The minimum atomic E-state index is 0.791. The molecule has 18 rings (SSSR count). The molecule has 0 atom stereocenters. The van der Waals surface area contributed by atoms with Gasteiger partial charge in [-0.25, -0.2) is 4.98 Å². The van der Waals surface area contributed by atoms with Crippen LogP contribution < -0.4 is 0 Å². The van der Waals surface area contributed by atoms with Crippen molar-refractivity contribution in [2.24, 2.45) is 0 Å². The Morgan fingerprint density at radius 2 is 0.484 bits per heavy atom. The molecular formula is C88H57N5. The van der Waals surface area contributed by atoms with Crippen LogP contribution in [0.3, 0.4) is 0 Å².